The number of hydrogen-bond donors (Lipinski definition) is 0. The van der Waals surface area contributed by atoms with Crippen molar-refractivity contribution in [2.75, 3.05) is 0 Å². The van der Waals surface area contributed by atoms with Gasteiger partial charge in [0.25, 0.3) is 0 Å². The maximum Gasteiger partial charge on any atom is 0.137 e. The van der Waals surface area contributed by atoms with Crippen LogP contribution in [0, 0.1) is 6.92 Å². The SMILES string of the molecule is Cc1ccccc1CC(=O)CCCn1ccnc1. The van der Waals surface area contributed by atoms with E-state index in [2.05, 4.69) is 4.98 Å². The van der Waals surface area contributed by atoms with Crippen LogP contribution in [0.4, 0.5) is 0 Å². The van der Waals surface area contributed by atoms with Gasteiger partial charge in [0.1, 0.15) is 5.78 Å². The van der Waals surface area contributed by atoms with Gasteiger partial charge >= 0.3 is 0 Å². The third-order valence-corrected chi connectivity index (χ3v) is 3.08. The Morgan fingerprint density at radius 1 is 1.33 bits per heavy atom. The van der Waals surface area contributed by atoms with Gasteiger partial charge in [0.15, 0.2) is 0 Å². The average Bonchev–Trinajstić information content (AvgIpc) is 2.85. The molecule has 3 nitrogen and oxygen atoms in total. The Labute approximate surface area is 107 Å². The van der Waals surface area contributed by atoms with E-state index in [1.165, 1.54) is 5.56 Å². The number of benzene rings is 1. The number of nitrogens with zero attached hydrogens (tertiary/aromatic N) is 2. The van der Waals surface area contributed by atoms with Crippen molar-refractivity contribution >= 4 is 5.78 Å². The van der Waals surface area contributed by atoms with Crippen LogP contribution in [-0.2, 0) is 17.8 Å². The highest BCUT2D eigenvalue weighted by molar-refractivity contribution is 5.81. The molecule has 94 valence electrons. The van der Waals surface area contributed by atoms with Crippen LogP contribution >= 0.6 is 0 Å². The number of carbonyl (C=O) groups is 1. The van der Waals surface area contributed by atoms with E-state index >= 15 is 0 Å². The van der Waals surface area contributed by atoms with Crippen LogP contribution in [0.3, 0.4) is 0 Å². The summed E-state index contributed by atoms with van der Waals surface area (Å²) in [7, 11) is 0. The van der Waals surface area contributed by atoms with Gasteiger partial charge in [-0.25, -0.2) is 4.98 Å². The molecule has 1 aromatic carbocycles. The molecule has 1 heterocycles. The lowest BCUT2D eigenvalue weighted by Gasteiger charge is -2.05. The van der Waals surface area contributed by atoms with Gasteiger partial charge in [0.2, 0.25) is 0 Å². The summed E-state index contributed by atoms with van der Waals surface area (Å²) in [6.45, 7) is 2.91. The van der Waals surface area contributed by atoms with Crippen molar-refractivity contribution in [3.8, 4) is 0 Å². The van der Waals surface area contributed by atoms with Gasteiger partial charge in [-0.1, -0.05) is 24.3 Å². The van der Waals surface area contributed by atoms with Crippen molar-refractivity contribution in [2.45, 2.75) is 32.7 Å². The molecule has 0 aliphatic carbocycles. The minimum absolute atomic E-state index is 0.310. The molecule has 0 aliphatic heterocycles. The molecule has 0 unspecified atom stereocenters. The molecule has 0 radical (unpaired) electrons. The van der Waals surface area contributed by atoms with E-state index < -0.39 is 0 Å². The monoisotopic (exact) mass is 242 g/mol. The zero-order valence-corrected chi connectivity index (χ0v) is 10.7. The predicted molar refractivity (Wildman–Crippen MR) is 71.4 cm³/mol. The Morgan fingerprint density at radius 3 is 2.89 bits per heavy atom. The van der Waals surface area contributed by atoms with Crippen LogP contribution < -0.4 is 0 Å². The number of rotatable bonds is 6. The van der Waals surface area contributed by atoms with Gasteiger partial charge < -0.3 is 4.57 Å². The second kappa shape index (κ2) is 6.15. The minimum atomic E-state index is 0.310. The van der Waals surface area contributed by atoms with E-state index in [1.54, 1.807) is 12.5 Å². The Kier molecular flexibility index (Phi) is 4.29. The van der Waals surface area contributed by atoms with Gasteiger partial charge in [0, 0.05) is 31.8 Å². The van der Waals surface area contributed by atoms with Gasteiger partial charge in [-0.15, -0.1) is 0 Å². The first-order valence-corrected chi connectivity index (χ1v) is 6.27. The molecule has 0 saturated carbocycles. The molecule has 0 bridgehead atoms. The molecule has 0 fully saturated rings. The Hall–Kier alpha value is -1.90. The van der Waals surface area contributed by atoms with Crippen LogP contribution in [0.25, 0.3) is 0 Å². The normalized spacial score (nSPS) is 10.5. The molecule has 18 heavy (non-hydrogen) atoms. The highest BCUT2D eigenvalue weighted by atomic mass is 16.1. The third kappa shape index (κ3) is 3.55. The first-order chi connectivity index (χ1) is 8.75. The van der Waals surface area contributed by atoms with Crippen molar-refractivity contribution in [1.29, 1.82) is 0 Å². The van der Waals surface area contributed by atoms with Crippen molar-refractivity contribution in [3.05, 3.63) is 54.1 Å². The van der Waals surface area contributed by atoms with E-state index in [-0.39, 0.29) is 0 Å². The quantitative estimate of drug-likeness (QED) is 0.780. The molecule has 0 saturated heterocycles. The second-order valence-electron chi connectivity index (χ2n) is 4.55. The molecule has 0 aliphatic rings. The number of hydrogen-bond acceptors (Lipinski definition) is 2. The summed E-state index contributed by atoms with van der Waals surface area (Å²) in [5.41, 5.74) is 2.34. The molecule has 2 rings (SSSR count). The first kappa shape index (κ1) is 12.6. The van der Waals surface area contributed by atoms with Crippen LogP contribution in [0.2, 0.25) is 0 Å². The summed E-state index contributed by atoms with van der Waals surface area (Å²) in [5, 5.41) is 0. The Balaban J connectivity index is 1.77. The molecule has 0 N–H and O–H groups in total. The smallest absolute Gasteiger partial charge is 0.137 e. The Bertz CT molecular complexity index is 503. The number of carbonyl (C=O) groups excluding carboxylic acids is 1. The van der Waals surface area contributed by atoms with Gasteiger partial charge in [-0.3, -0.25) is 4.79 Å². The van der Waals surface area contributed by atoms with E-state index in [0.717, 1.165) is 18.5 Å². The highest BCUT2D eigenvalue weighted by Gasteiger charge is 2.05. The second-order valence-corrected chi connectivity index (χ2v) is 4.55. The summed E-state index contributed by atoms with van der Waals surface area (Å²) in [4.78, 5) is 15.8. The maximum atomic E-state index is 11.9. The molecule has 0 amide bonds. The lowest BCUT2D eigenvalue weighted by atomic mass is 10.0. The number of aromatic nitrogens is 2. The first-order valence-electron chi connectivity index (χ1n) is 6.27. The largest absolute Gasteiger partial charge is 0.337 e. The molecule has 1 aromatic heterocycles. The summed E-state index contributed by atoms with van der Waals surface area (Å²) < 4.78 is 2.00. The third-order valence-electron chi connectivity index (χ3n) is 3.08. The van der Waals surface area contributed by atoms with Crippen LogP contribution in [-0.4, -0.2) is 15.3 Å². The van der Waals surface area contributed by atoms with E-state index in [1.807, 2.05) is 42.0 Å². The number of imidazole rings is 1. The van der Waals surface area contributed by atoms with E-state index in [9.17, 15) is 4.79 Å². The molecule has 3 heteroatoms. The van der Waals surface area contributed by atoms with Gasteiger partial charge in [-0.05, 0) is 24.5 Å². The molecular formula is C15H18N2O. The predicted octanol–water partition coefficient (Wildman–Crippen LogP) is 2.78. The van der Waals surface area contributed by atoms with Crippen molar-refractivity contribution in [1.82, 2.24) is 9.55 Å². The molecule has 0 atom stereocenters. The number of Topliss-reactive ketones (excluding diaryl/α,β-unsaturated/α-hetero) is 1. The van der Waals surface area contributed by atoms with E-state index in [4.69, 9.17) is 0 Å². The van der Waals surface area contributed by atoms with Gasteiger partial charge in [-0.2, -0.15) is 0 Å². The molecular weight excluding hydrogens is 224 g/mol. The zero-order valence-electron chi connectivity index (χ0n) is 10.7. The maximum absolute atomic E-state index is 11.9. The fourth-order valence-corrected chi connectivity index (χ4v) is 1.99. The van der Waals surface area contributed by atoms with Crippen LogP contribution in [0.1, 0.15) is 24.0 Å². The van der Waals surface area contributed by atoms with Crippen molar-refractivity contribution in [2.24, 2.45) is 0 Å². The fourth-order valence-electron chi connectivity index (χ4n) is 1.99. The molecule has 2 aromatic rings. The summed E-state index contributed by atoms with van der Waals surface area (Å²) in [5.74, 6) is 0.310. The lowest BCUT2D eigenvalue weighted by molar-refractivity contribution is -0.118. The summed E-state index contributed by atoms with van der Waals surface area (Å²) in [6.07, 6.45) is 7.52. The zero-order chi connectivity index (χ0) is 12.8. The van der Waals surface area contributed by atoms with Crippen LogP contribution in [0.15, 0.2) is 43.0 Å². The van der Waals surface area contributed by atoms with Gasteiger partial charge in [0.05, 0.1) is 6.33 Å². The topological polar surface area (TPSA) is 34.9 Å². The number of aryl methyl sites for hydroxylation is 2. The fraction of sp³-hybridized carbons (Fsp3) is 0.333. The van der Waals surface area contributed by atoms with E-state index in [0.29, 0.717) is 18.6 Å². The summed E-state index contributed by atoms with van der Waals surface area (Å²) >= 11 is 0. The average molecular weight is 242 g/mol. The lowest BCUT2D eigenvalue weighted by Crippen LogP contribution is -2.06. The Morgan fingerprint density at radius 2 is 2.17 bits per heavy atom. The summed E-state index contributed by atoms with van der Waals surface area (Å²) in [6, 6.07) is 8.07. The number of ketones is 1. The standard InChI is InChI=1S/C15H18N2O/c1-13-5-2-3-6-14(13)11-15(18)7-4-9-17-10-8-16-12-17/h2-3,5-6,8,10,12H,4,7,9,11H2,1H3. The highest BCUT2D eigenvalue weighted by Crippen LogP contribution is 2.09. The minimum Gasteiger partial charge on any atom is -0.337 e. The van der Waals surface area contributed by atoms with Crippen molar-refractivity contribution in [3.63, 3.8) is 0 Å². The van der Waals surface area contributed by atoms with Crippen molar-refractivity contribution < 1.29 is 4.79 Å². The van der Waals surface area contributed by atoms with Crippen LogP contribution in [0.5, 0.6) is 0 Å². The molecule has 0 spiro atoms.